The molecule has 0 saturated carbocycles. The van der Waals surface area contributed by atoms with Crippen molar-refractivity contribution in [1.82, 2.24) is 0 Å². The Morgan fingerprint density at radius 2 is 2.00 bits per heavy atom. The number of benzene rings is 1. The molecule has 14 heavy (non-hydrogen) atoms. The standard InChI is InChI=1S/C7H6NO2.C2H6N.Y/c1-6-3-2-4-7(5-6)8(9)10;1-3-2;/h2-3,5H,1H3;1-2H3;/q2*-1;. The van der Waals surface area contributed by atoms with Gasteiger partial charge in [0.25, 0.3) is 0 Å². The van der Waals surface area contributed by atoms with Crippen molar-refractivity contribution in [2.24, 2.45) is 0 Å². The molecule has 1 aromatic rings. The minimum Gasteiger partial charge on any atom is -0.668 e. The van der Waals surface area contributed by atoms with Crippen molar-refractivity contribution in [3.63, 3.8) is 0 Å². The second-order valence-corrected chi connectivity index (χ2v) is 2.46. The second kappa shape index (κ2) is 9.25. The summed E-state index contributed by atoms with van der Waals surface area (Å²) in [5.74, 6) is 0. The molecule has 0 spiro atoms. The Balaban J connectivity index is 0. The Labute approximate surface area is 109 Å². The number of nitro groups is 1. The minimum atomic E-state index is -0.451. The predicted octanol–water partition coefficient (Wildman–Crippen LogP) is 2.32. The molecule has 1 aromatic carbocycles. The van der Waals surface area contributed by atoms with Gasteiger partial charge in [-0.2, -0.15) is 31.8 Å². The summed E-state index contributed by atoms with van der Waals surface area (Å²) < 4.78 is 0. The number of hydrogen-bond donors (Lipinski definition) is 0. The van der Waals surface area contributed by atoms with Gasteiger partial charge in [-0.3, -0.25) is 10.1 Å². The smallest absolute Gasteiger partial charge is 0.162 e. The fourth-order valence-electron chi connectivity index (χ4n) is 0.669. The van der Waals surface area contributed by atoms with Gasteiger partial charge in [0.15, 0.2) is 5.69 Å². The molecule has 4 nitrogen and oxygen atoms in total. The van der Waals surface area contributed by atoms with E-state index in [0.29, 0.717) is 0 Å². The molecule has 5 heteroatoms. The summed E-state index contributed by atoms with van der Waals surface area (Å²) in [5.41, 5.74) is 0.908. The topological polar surface area (TPSA) is 57.2 Å². The summed E-state index contributed by atoms with van der Waals surface area (Å²) in [5, 5.41) is 13.6. The van der Waals surface area contributed by atoms with Crippen LogP contribution in [0.2, 0.25) is 0 Å². The van der Waals surface area contributed by atoms with Gasteiger partial charge in [0.05, 0.1) is 0 Å². The van der Waals surface area contributed by atoms with E-state index in [-0.39, 0.29) is 38.4 Å². The first-order chi connectivity index (χ1) is 6.11. The summed E-state index contributed by atoms with van der Waals surface area (Å²) >= 11 is 0. The van der Waals surface area contributed by atoms with Crippen molar-refractivity contribution in [2.45, 2.75) is 6.92 Å². The van der Waals surface area contributed by atoms with Crippen LogP contribution in [0.5, 0.6) is 0 Å². The number of aryl methyl sites for hydroxylation is 1. The zero-order valence-electron chi connectivity index (χ0n) is 8.52. The normalized spacial score (nSPS) is 7.93. The van der Waals surface area contributed by atoms with E-state index in [4.69, 9.17) is 0 Å². The first-order valence-corrected chi connectivity index (χ1v) is 3.72. The predicted molar refractivity (Wildman–Crippen MR) is 51.9 cm³/mol. The van der Waals surface area contributed by atoms with Crippen LogP contribution in [-0.4, -0.2) is 19.0 Å². The van der Waals surface area contributed by atoms with Crippen LogP contribution < -0.4 is 0 Å². The maximum absolute atomic E-state index is 10.1. The van der Waals surface area contributed by atoms with Gasteiger partial charge in [0.2, 0.25) is 0 Å². The van der Waals surface area contributed by atoms with Gasteiger partial charge >= 0.3 is 0 Å². The third kappa shape index (κ3) is 7.12. The van der Waals surface area contributed by atoms with E-state index < -0.39 is 4.92 Å². The molecule has 0 N–H and O–H groups in total. The number of rotatable bonds is 1. The Morgan fingerprint density at radius 3 is 2.29 bits per heavy atom. The van der Waals surface area contributed by atoms with Crippen molar-refractivity contribution < 1.29 is 37.6 Å². The molecular formula is C9H12N2O2Y-2. The van der Waals surface area contributed by atoms with Crippen molar-refractivity contribution in [2.75, 3.05) is 14.1 Å². The summed E-state index contributed by atoms with van der Waals surface area (Å²) in [6.45, 7) is 1.81. The summed E-state index contributed by atoms with van der Waals surface area (Å²) in [6, 6.07) is 7.32. The molecule has 0 aliphatic heterocycles. The van der Waals surface area contributed by atoms with E-state index in [1.165, 1.54) is 6.07 Å². The van der Waals surface area contributed by atoms with Crippen molar-refractivity contribution in [1.29, 1.82) is 0 Å². The van der Waals surface area contributed by atoms with Gasteiger partial charge in [-0.15, -0.1) is 6.07 Å². The van der Waals surface area contributed by atoms with Crippen LogP contribution >= 0.6 is 0 Å². The zero-order valence-corrected chi connectivity index (χ0v) is 11.4. The fraction of sp³-hybridized carbons (Fsp3) is 0.333. The molecule has 0 aromatic heterocycles. The molecule has 0 fully saturated rings. The van der Waals surface area contributed by atoms with Crippen LogP contribution in [-0.2, 0) is 32.7 Å². The van der Waals surface area contributed by atoms with Crippen LogP contribution in [0.4, 0.5) is 5.69 Å². The van der Waals surface area contributed by atoms with Crippen molar-refractivity contribution >= 4 is 5.69 Å². The van der Waals surface area contributed by atoms with Crippen LogP contribution in [0.3, 0.4) is 0 Å². The molecule has 0 aliphatic carbocycles. The van der Waals surface area contributed by atoms with Gasteiger partial charge in [0, 0.05) is 37.6 Å². The van der Waals surface area contributed by atoms with E-state index in [0.717, 1.165) is 5.56 Å². The molecule has 0 amide bonds. The number of nitro benzene ring substituents is 1. The maximum atomic E-state index is 10.1. The van der Waals surface area contributed by atoms with Gasteiger partial charge in [0.1, 0.15) is 0 Å². The van der Waals surface area contributed by atoms with Crippen molar-refractivity contribution in [3.05, 3.63) is 45.3 Å². The maximum Gasteiger partial charge on any atom is 0.162 e. The Kier molecular flexibility index (Phi) is 10.7. The van der Waals surface area contributed by atoms with Crippen LogP contribution in [0.15, 0.2) is 18.2 Å². The van der Waals surface area contributed by atoms with Gasteiger partial charge in [-0.05, 0) is 0 Å². The first-order valence-electron chi connectivity index (χ1n) is 3.72. The first kappa shape index (κ1) is 16.1. The van der Waals surface area contributed by atoms with E-state index >= 15 is 0 Å². The second-order valence-electron chi connectivity index (χ2n) is 2.46. The van der Waals surface area contributed by atoms with E-state index in [9.17, 15) is 10.1 Å². The minimum absolute atomic E-state index is 0. The van der Waals surface area contributed by atoms with Crippen LogP contribution in [0.1, 0.15) is 5.56 Å². The summed E-state index contributed by atoms with van der Waals surface area (Å²) in [7, 11) is 3.50. The molecule has 0 saturated heterocycles. The molecule has 75 valence electrons. The molecule has 0 heterocycles. The molecule has 1 radical (unpaired) electrons. The molecule has 0 aliphatic rings. The van der Waals surface area contributed by atoms with Crippen LogP contribution in [0, 0.1) is 23.1 Å². The third-order valence-electron chi connectivity index (χ3n) is 1.14. The third-order valence-corrected chi connectivity index (χ3v) is 1.14. The molecule has 0 atom stereocenters. The Bertz CT molecular complexity index is 279. The molecule has 0 bridgehead atoms. The average Bonchev–Trinajstić information content (AvgIpc) is 2.05. The number of hydrogen-bond acceptors (Lipinski definition) is 2. The molecular weight excluding hydrogens is 257 g/mol. The van der Waals surface area contributed by atoms with Gasteiger partial charge < -0.3 is 5.32 Å². The summed E-state index contributed by atoms with van der Waals surface area (Å²) in [6.07, 6.45) is 0. The average molecular weight is 269 g/mol. The fourth-order valence-corrected chi connectivity index (χ4v) is 0.669. The number of non-ortho nitro benzene ring substituents is 1. The van der Waals surface area contributed by atoms with E-state index in [1.54, 1.807) is 33.2 Å². The SMILES string of the molecule is C[N-]C.Cc1cc[c-]c([N+](=O)[O-])c1.[Y]. The zero-order chi connectivity index (χ0) is 10.3. The number of nitrogens with zero attached hydrogens (tertiary/aromatic N) is 2. The van der Waals surface area contributed by atoms with Crippen molar-refractivity contribution in [3.8, 4) is 0 Å². The van der Waals surface area contributed by atoms with Crippen LogP contribution in [0.25, 0.3) is 5.32 Å². The molecule has 1 rings (SSSR count). The van der Waals surface area contributed by atoms with E-state index in [2.05, 4.69) is 11.4 Å². The largest absolute Gasteiger partial charge is 0.668 e. The quantitative estimate of drug-likeness (QED) is 0.446. The monoisotopic (exact) mass is 269 g/mol. The Hall–Kier alpha value is -0.316. The van der Waals surface area contributed by atoms with Gasteiger partial charge in [-0.25, -0.2) is 0 Å². The van der Waals surface area contributed by atoms with E-state index in [1.807, 2.05) is 0 Å². The van der Waals surface area contributed by atoms with Gasteiger partial charge in [-0.1, -0.05) is 13.0 Å². The summed E-state index contributed by atoms with van der Waals surface area (Å²) in [4.78, 5) is 9.68. The molecule has 0 unspecified atom stereocenters. The Morgan fingerprint density at radius 1 is 1.50 bits per heavy atom.